The number of nitrogens with one attached hydrogen (secondary N) is 2. The van der Waals surface area contributed by atoms with Crippen LogP contribution in [0.2, 0.25) is 0 Å². The minimum Gasteiger partial charge on any atom is -0.383 e. The van der Waals surface area contributed by atoms with E-state index in [9.17, 15) is 0 Å². The van der Waals surface area contributed by atoms with Gasteiger partial charge in [-0.05, 0) is 13.3 Å². The van der Waals surface area contributed by atoms with Crippen molar-refractivity contribution in [2.24, 2.45) is 0 Å². The fraction of sp³-hybridized carbons (Fsp3) is 1.00. The second kappa shape index (κ2) is 8.97. The third-order valence-corrected chi connectivity index (χ3v) is 1.89. The summed E-state index contributed by atoms with van der Waals surface area (Å²) in [6, 6.07) is 0.634. The van der Waals surface area contributed by atoms with Crippen molar-refractivity contribution in [1.29, 1.82) is 0 Å². The Morgan fingerprint density at radius 1 is 1.25 bits per heavy atom. The normalized spacial score (nSPS) is 13.2. The maximum Gasteiger partial charge on any atom is 0.0587 e. The van der Waals surface area contributed by atoms with Crippen LogP contribution in [-0.2, 0) is 4.74 Å². The van der Waals surface area contributed by atoms with Crippen molar-refractivity contribution in [3.05, 3.63) is 0 Å². The zero-order valence-corrected chi connectivity index (χ0v) is 8.52. The Balaban J connectivity index is 2.90. The Morgan fingerprint density at radius 2 is 2.00 bits per heavy atom. The first-order valence-electron chi connectivity index (χ1n) is 4.74. The van der Waals surface area contributed by atoms with Crippen LogP contribution < -0.4 is 10.6 Å². The minimum absolute atomic E-state index is 0.634. The minimum atomic E-state index is 0.634. The predicted molar refractivity (Wildman–Crippen MR) is 52.5 cm³/mol. The van der Waals surface area contributed by atoms with Crippen molar-refractivity contribution < 1.29 is 4.74 Å². The topological polar surface area (TPSA) is 33.3 Å². The van der Waals surface area contributed by atoms with E-state index in [0.29, 0.717) is 6.04 Å². The highest BCUT2D eigenvalue weighted by atomic mass is 16.5. The molecule has 0 fully saturated rings. The van der Waals surface area contributed by atoms with Crippen molar-refractivity contribution in [2.75, 3.05) is 33.4 Å². The average molecular weight is 174 g/mol. The fourth-order valence-electron chi connectivity index (χ4n) is 0.851. The molecule has 0 aliphatic heterocycles. The van der Waals surface area contributed by atoms with Gasteiger partial charge in [-0.1, -0.05) is 6.92 Å². The van der Waals surface area contributed by atoms with Gasteiger partial charge in [-0.2, -0.15) is 0 Å². The summed E-state index contributed by atoms with van der Waals surface area (Å²) >= 11 is 0. The van der Waals surface area contributed by atoms with E-state index in [1.165, 1.54) is 6.42 Å². The summed E-state index contributed by atoms with van der Waals surface area (Å²) in [6.07, 6.45) is 1.19. The number of hydrogen-bond acceptors (Lipinski definition) is 3. The lowest BCUT2D eigenvalue weighted by Gasteiger charge is -2.11. The second-order valence-corrected chi connectivity index (χ2v) is 3.01. The summed E-state index contributed by atoms with van der Waals surface area (Å²) in [7, 11) is 1.72. The van der Waals surface area contributed by atoms with Crippen molar-refractivity contribution in [2.45, 2.75) is 26.3 Å². The highest BCUT2D eigenvalue weighted by Gasteiger charge is 1.94. The summed E-state index contributed by atoms with van der Waals surface area (Å²) < 4.78 is 4.91. The van der Waals surface area contributed by atoms with E-state index in [0.717, 1.165) is 26.2 Å². The molecule has 1 unspecified atom stereocenters. The highest BCUT2D eigenvalue weighted by molar-refractivity contribution is 4.58. The van der Waals surface area contributed by atoms with Crippen molar-refractivity contribution in [1.82, 2.24) is 10.6 Å². The Bertz CT molecular complexity index is 88.6. The molecule has 0 aliphatic rings. The lowest BCUT2D eigenvalue weighted by Crippen LogP contribution is -2.33. The monoisotopic (exact) mass is 174 g/mol. The van der Waals surface area contributed by atoms with Crippen LogP contribution in [0.4, 0.5) is 0 Å². The van der Waals surface area contributed by atoms with E-state index >= 15 is 0 Å². The van der Waals surface area contributed by atoms with E-state index in [-0.39, 0.29) is 0 Å². The van der Waals surface area contributed by atoms with Gasteiger partial charge in [-0.3, -0.25) is 0 Å². The number of rotatable bonds is 8. The van der Waals surface area contributed by atoms with E-state index in [1.54, 1.807) is 7.11 Å². The molecule has 0 aromatic carbocycles. The molecule has 1 atom stereocenters. The lowest BCUT2D eigenvalue weighted by atomic mass is 10.3. The van der Waals surface area contributed by atoms with Crippen LogP contribution in [0.3, 0.4) is 0 Å². The van der Waals surface area contributed by atoms with Gasteiger partial charge in [0, 0.05) is 32.8 Å². The molecular formula is C9H22N2O. The second-order valence-electron chi connectivity index (χ2n) is 3.01. The van der Waals surface area contributed by atoms with Gasteiger partial charge >= 0.3 is 0 Å². The zero-order chi connectivity index (χ0) is 9.23. The first-order chi connectivity index (χ1) is 5.81. The standard InChI is InChI=1S/C9H22N2O/c1-4-9(2)11-6-5-10-7-8-12-3/h9-11H,4-8H2,1-3H3. The Labute approximate surface area is 75.9 Å². The van der Waals surface area contributed by atoms with Crippen LogP contribution in [0, 0.1) is 0 Å². The van der Waals surface area contributed by atoms with Gasteiger partial charge in [-0.15, -0.1) is 0 Å². The van der Waals surface area contributed by atoms with Crippen LogP contribution >= 0.6 is 0 Å². The summed E-state index contributed by atoms with van der Waals surface area (Å²) in [5, 5.41) is 6.68. The first-order valence-corrected chi connectivity index (χ1v) is 4.74. The number of methoxy groups -OCH3 is 1. The van der Waals surface area contributed by atoms with Crippen LogP contribution in [0.25, 0.3) is 0 Å². The molecule has 12 heavy (non-hydrogen) atoms. The lowest BCUT2D eigenvalue weighted by molar-refractivity contribution is 0.199. The summed E-state index contributed by atoms with van der Waals surface area (Å²) in [5.74, 6) is 0. The van der Waals surface area contributed by atoms with E-state index < -0.39 is 0 Å². The molecule has 0 radical (unpaired) electrons. The number of ether oxygens (including phenoxy) is 1. The predicted octanol–water partition coefficient (Wildman–Crippen LogP) is 0.611. The van der Waals surface area contributed by atoms with E-state index in [1.807, 2.05) is 0 Å². The molecule has 0 aromatic heterocycles. The van der Waals surface area contributed by atoms with Crippen LogP contribution in [0.1, 0.15) is 20.3 Å². The molecule has 2 N–H and O–H groups in total. The molecule has 0 heterocycles. The van der Waals surface area contributed by atoms with Gasteiger partial charge < -0.3 is 15.4 Å². The van der Waals surface area contributed by atoms with E-state index in [2.05, 4.69) is 24.5 Å². The first kappa shape index (κ1) is 11.9. The van der Waals surface area contributed by atoms with Gasteiger partial charge in [0.15, 0.2) is 0 Å². The molecule has 0 saturated carbocycles. The zero-order valence-electron chi connectivity index (χ0n) is 8.52. The van der Waals surface area contributed by atoms with Gasteiger partial charge in [0.1, 0.15) is 0 Å². The van der Waals surface area contributed by atoms with Gasteiger partial charge in [-0.25, -0.2) is 0 Å². The molecular weight excluding hydrogens is 152 g/mol. The Morgan fingerprint density at radius 3 is 2.58 bits per heavy atom. The van der Waals surface area contributed by atoms with Gasteiger partial charge in [0.05, 0.1) is 6.61 Å². The molecule has 0 aliphatic carbocycles. The Kier molecular flexibility index (Phi) is 8.88. The molecule has 74 valence electrons. The van der Waals surface area contributed by atoms with Crippen molar-refractivity contribution >= 4 is 0 Å². The molecule has 0 spiro atoms. The molecule has 0 bridgehead atoms. The largest absolute Gasteiger partial charge is 0.383 e. The van der Waals surface area contributed by atoms with E-state index in [4.69, 9.17) is 4.74 Å². The van der Waals surface area contributed by atoms with Crippen LogP contribution in [0.5, 0.6) is 0 Å². The third-order valence-electron chi connectivity index (χ3n) is 1.89. The fourth-order valence-corrected chi connectivity index (χ4v) is 0.851. The van der Waals surface area contributed by atoms with Crippen molar-refractivity contribution in [3.8, 4) is 0 Å². The molecule has 0 aromatic rings. The van der Waals surface area contributed by atoms with Crippen molar-refractivity contribution in [3.63, 3.8) is 0 Å². The Hall–Kier alpha value is -0.120. The van der Waals surface area contributed by atoms with Crippen LogP contribution in [0.15, 0.2) is 0 Å². The summed E-state index contributed by atoms with van der Waals surface area (Å²) in [4.78, 5) is 0. The molecule has 3 heteroatoms. The molecule has 0 rings (SSSR count). The summed E-state index contributed by atoms with van der Waals surface area (Å²) in [5.41, 5.74) is 0. The van der Waals surface area contributed by atoms with Gasteiger partial charge in [0.25, 0.3) is 0 Å². The molecule has 3 nitrogen and oxygen atoms in total. The summed E-state index contributed by atoms with van der Waals surface area (Å²) in [6.45, 7) is 8.19. The third kappa shape index (κ3) is 7.98. The number of hydrogen-bond donors (Lipinski definition) is 2. The average Bonchev–Trinajstić information content (AvgIpc) is 2.10. The van der Waals surface area contributed by atoms with Crippen LogP contribution in [-0.4, -0.2) is 39.4 Å². The van der Waals surface area contributed by atoms with Gasteiger partial charge in [0.2, 0.25) is 0 Å². The SMILES string of the molecule is CCC(C)NCCNCCOC. The molecule has 0 saturated heterocycles. The molecule has 0 amide bonds. The smallest absolute Gasteiger partial charge is 0.0587 e. The maximum absolute atomic E-state index is 4.91. The quantitative estimate of drug-likeness (QED) is 0.529. The highest BCUT2D eigenvalue weighted by Crippen LogP contribution is 1.84. The maximum atomic E-state index is 4.91.